The van der Waals surface area contributed by atoms with Crippen LogP contribution in [0.15, 0.2) is 12.1 Å². The second kappa shape index (κ2) is 7.29. The first kappa shape index (κ1) is 19.0. The van der Waals surface area contributed by atoms with E-state index < -0.39 is 23.4 Å². The van der Waals surface area contributed by atoms with E-state index in [9.17, 15) is 19.1 Å². The Morgan fingerprint density at radius 3 is 2.64 bits per heavy atom. The molecule has 0 aromatic heterocycles. The zero-order valence-electron chi connectivity index (χ0n) is 15.1. The molecular formula is C18H25FN2O4. The topological polar surface area (TPSA) is 78.9 Å². The minimum absolute atomic E-state index is 0.0456. The van der Waals surface area contributed by atoms with Crippen molar-refractivity contribution in [2.75, 3.05) is 13.1 Å². The first-order valence-electron chi connectivity index (χ1n) is 8.35. The summed E-state index contributed by atoms with van der Waals surface area (Å²) in [5, 5.41) is 12.2. The van der Waals surface area contributed by atoms with Gasteiger partial charge in [-0.3, -0.25) is 4.79 Å². The number of hydrogen-bond acceptors (Lipinski definition) is 4. The molecule has 1 atom stereocenters. The summed E-state index contributed by atoms with van der Waals surface area (Å²) >= 11 is 0. The number of likely N-dealkylation sites (tertiary alicyclic amines) is 1. The Kier molecular flexibility index (Phi) is 5.55. The third-order valence-corrected chi connectivity index (χ3v) is 3.92. The van der Waals surface area contributed by atoms with Gasteiger partial charge in [0.05, 0.1) is 5.56 Å². The van der Waals surface area contributed by atoms with Gasteiger partial charge in [-0.2, -0.15) is 0 Å². The Balaban J connectivity index is 2.06. The van der Waals surface area contributed by atoms with Crippen molar-refractivity contribution in [2.45, 2.75) is 52.2 Å². The van der Waals surface area contributed by atoms with Crippen molar-refractivity contribution in [3.05, 3.63) is 29.1 Å². The SMILES string of the molecule is Cc1cc(O)cc(F)c1C(=O)N1CCCC(NC(=O)OC(C)(C)C)C1. The van der Waals surface area contributed by atoms with E-state index in [1.807, 2.05) is 0 Å². The fraction of sp³-hybridized carbons (Fsp3) is 0.556. The molecular weight excluding hydrogens is 327 g/mol. The van der Waals surface area contributed by atoms with Gasteiger partial charge in [0.2, 0.25) is 0 Å². The number of alkyl carbamates (subject to hydrolysis) is 1. The van der Waals surface area contributed by atoms with Gasteiger partial charge in [-0.05, 0) is 52.2 Å². The Labute approximate surface area is 147 Å². The molecule has 1 fully saturated rings. The van der Waals surface area contributed by atoms with Crippen molar-refractivity contribution in [1.29, 1.82) is 0 Å². The zero-order chi connectivity index (χ0) is 18.8. The van der Waals surface area contributed by atoms with Crippen LogP contribution >= 0.6 is 0 Å². The number of amides is 2. The van der Waals surface area contributed by atoms with Crippen LogP contribution in [0.4, 0.5) is 9.18 Å². The number of hydrogen-bond donors (Lipinski definition) is 2. The molecule has 2 amide bonds. The van der Waals surface area contributed by atoms with Crippen LogP contribution in [0.5, 0.6) is 5.75 Å². The molecule has 0 bridgehead atoms. The number of aryl methyl sites for hydroxylation is 1. The summed E-state index contributed by atoms with van der Waals surface area (Å²) < 4.78 is 19.3. The summed E-state index contributed by atoms with van der Waals surface area (Å²) in [6, 6.07) is 2.05. The Morgan fingerprint density at radius 1 is 1.36 bits per heavy atom. The van der Waals surface area contributed by atoms with E-state index in [2.05, 4.69) is 5.32 Å². The minimum atomic E-state index is -0.746. The van der Waals surface area contributed by atoms with E-state index >= 15 is 0 Å². The fourth-order valence-electron chi connectivity index (χ4n) is 2.91. The smallest absolute Gasteiger partial charge is 0.407 e. The molecule has 0 radical (unpaired) electrons. The van der Waals surface area contributed by atoms with Crippen molar-refractivity contribution in [3.8, 4) is 5.75 Å². The quantitative estimate of drug-likeness (QED) is 0.858. The molecule has 1 aliphatic rings. The van der Waals surface area contributed by atoms with Crippen molar-refractivity contribution < 1.29 is 23.8 Å². The molecule has 1 unspecified atom stereocenters. The molecule has 2 N–H and O–H groups in total. The van der Waals surface area contributed by atoms with Crippen molar-refractivity contribution in [1.82, 2.24) is 10.2 Å². The van der Waals surface area contributed by atoms with Crippen molar-refractivity contribution >= 4 is 12.0 Å². The van der Waals surface area contributed by atoms with Gasteiger partial charge >= 0.3 is 6.09 Å². The number of nitrogens with one attached hydrogen (secondary N) is 1. The second-order valence-corrected chi connectivity index (χ2v) is 7.36. The lowest BCUT2D eigenvalue weighted by atomic mass is 10.0. The molecule has 1 aliphatic heterocycles. The third kappa shape index (κ3) is 5.08. The van der Waals surface area contributed by atoms with Crippen LogP contribution < -0.4 is 5.32 Å². The van der Waals surface area contributed by atoms with Crippen LogP contribution in [-0.4, -0.2) is 46.7 Å². The van der Waals surface area contributed by atoms with Crippen molar-refractivity contribution in [3.63, 3.8) is 0 Å². The third-order valence-electron chi connectivity index (χ3n) is 3.92. The molecule has 0 spiro atoms. The Hall–Kier alpha value is -2.31. The largest absolute Gasteiger partial charge is 0.508 e. The lowest BCUT2D eigenvalue weighted by Gasteiger charge is -2.34. The number of aromatic hydroxyl groups is 1. The van der Waals surface area contributed by atoms with E-state index in [1.54, 1.807) is 27.7 Å². The minimum Gasteiger partial charge on any atom is -0.508 e. The molecule has 2 rings (SSSR count). The van der Waals surface area contributed by atoms with Gasteiger partial charge in [-0.1, -0.05) is 0 Å². The number of rotatable bonds is 2. The molecule has 0 aliphatic carbocycles. The molecule has 1 heterocycles. The van der Waals surface area contributed by atoms with Crippen LogP contribution in [0.3, 0.4) is 0 Å². The molecule has 1 aromatic rings. The van der Waals surface area contributed by atoms with Crippen LogP contribution in [-0.2, 0) is 4.74 Å². The molecule has 0 saturated carbocycles. The number of phenolic OH excluding ortho intramolecular Hbond substituents is 1. The number of carbonyl (C=O) groups excluding carboxylic acids is 2. The molecule has 138 valence electrons. The standard InChI is InChI=1S/C18H25FN2O4/c1-11-8-13(22)9-14(19)15(11)16(23)21-7-5-6-12(10-21)20-17(24)25-18(2,3)4/h8-9,12,22H,5-7,10H2,1-4H3,(H,20,24). The Bertz CT molecular complexity index is 647. The maximum atomic E-state index is 14.1. The number of halogens is 1. The lowest BCUT2D eigenvalue weighted by Crippen LogP contribution is -2.50. The number of piperidine rings is 1. The van der Waals surface area contributed by atoms with Crippen molar-refractivity contribution in [2.24, 2.45) is 0 Å². The maximum absolute atomic E-state index is 14.1. The van der Waals surface area contributed by atoms with Gasteiger partial charge in [0.1, 0.15) is 17.2 Å². The molecule has 1 saturated heterocycles. The first-order valence-corrected chi connectivity index (χ1v) is 8.35. The molecule has 7 heteroatoms. The van der Waals surface area contributed by atoms with Crippen LogP contribution in [0.25, 0.3) is 0 Å². The van der Waals surface area contributed by atoms with Crippen LogP contribution in [0, 0.1) is 12.7 Å². The summed E-state index contributed by atoms with van der Waals surface area (Å²) in [4.78, 5) is 26.1. The highest BCUT2D eigenvalue weighted by atomic mass is 19.1. The van der Waals surface area contributed by atoms with E-state index in [0.29, 0.717) is 18.5 Å². The van der Waals surface area contributed by atoms with Gasteiger partial charge in [0, 0.05) is 25.2 Å². The van der Waals surface area contributed by atoms with Gasteiger partial charge in [0.25, 0.3) is 5.91 Å². The summed E-state index contributed by atoms with van der Waals surface area (Å²) in [6.45, 7) is 7.69. The molecule has 1 aromatic carbocycles. The van der Waals surface area contributed by atoms with E-state index in [4.69, 9.17) is 4.74 Å². The summed E-state index contributed by atoms with van der Waals surface area (Å²) in [7, 11) is 0. The normalized spacial score (nSPS) is 18.0. The van der Waals surface area contributed by atoms with Gasteiger partial charge in [-0.25, -0.2) is 9.18 Å². The predicted octanol–water partition coefficient (Wildman–Crippen LogP) is 2.97. The average molecular weight is 352 g/mol. The highest BCUT2D eigenvalue weighted by Gasteiger charge is 2.29. The van der Waals surface area contributed by atoms with E-state index in [-0.39, 0.29) is 23.9 Å². The summed E-state index contributed by atoms with van der Waals surface area (Å²) in [5.74, 6) is -1.40. The fourth-order valence-corrected chi connectivity index (χ4v) is 2.91. The Morgan fingerprint density at radius 2 is 2.04 bits per heavy atom. The number of benzene rings is 1. The average Bonchev–Trinajstić information content (AvgIpc) is 2.44. The van der Waals surface area contributed by atoms with Gasteiger partial charge in [0.15, 0.2) is 0 Å². The summed E-state index contributed by atoms with van der Waals surface area (Å²) in [5.41, 5.74) is -0.263. The molecule has 6 nitrogen and oxygen atoms in total. The monoisotopic (exact) mass is 352 g/mol. The number of phenols is 1. The highest BCUT2D eigenvalue weighted by Crippen LogP contribution is 2.23. The highest BCUT2D eigenvalue weighted by molar-refractivity contribution is 5.96. The van der Waals surface area contributed by atoms with Crippen LogP contribution in [0.2, 0.25) is 0 Å². The van der Waals surface area contributed by atoms with E-state index in [0.717, 1.165) is 12.5 Å². The number of carbonyl (C=O) groups is 2. The van der Waals surface area contributed by atoms with Gasteiger partial charge in [-0.15, -0.1) is 0 Å². The van der Waals surface area contributed by atoms with E-state index in [1.165, 1.54) is 11.0 Å². The predicted molar refractivity (Wildman–Crippen MR) is 91.1 cm³/mol. The van der Waals surface area contributed by atoms with Gasteiger partial charge < -0.3 is 20.1 Å². The number of ether oxygens (including phenoxy) is 1. The number of nitrogens with zero attached hydrogens (tertiary/aromatic N) is 1. The summed E-state index contributed by atoms with van der Waals surface area (Å²) in [6.07, 6.45) is 0.893. The second-order valence-electron chi connectivity index (χ2n) is 7.36. The zero-order valence-corrected chi connectivity index (χ0v) is 15.1. The van der Waals surface area contributed by atoms with Crippen LogP contribution in [0.1, 0.15) is 49.5 Å². The first-order chi connectivity index (χ1) is 11.6. The lowest BCUT2D eigenvalue weighted by molar-refractivity contribution is 0.0451. The maximum Gasteiger partial charge on any atom is 0.407 e. The molecule has 25 heavy (non-hydrogen) atoms.